The molecular weight excluding hydrogens is 424 g/mol. The molecule has 31 heavy (non-hydrogen) atoms. The van der Waals surface area contributed by atoms with Crippen molar-refractivity contribution >= 4 is 33.1 Å². The Kier molecular flexibility index (Phi) is 6.51. The van der Waals surface area contributed by atoms with Gasteiger partial charge in [-0.2, -0.15) is 5.10 Å². The fourth-order valence-corrected chi connectivity index (χ4v) is 3.28. The number of sulfone groups is 1. The molecule has 164 valence electrons. The number of aliphatic hydroxyl groups is 1. The van der Waals surface area contributed by atoms with Gasteiger partial charge < -0.3 is 20.5 Å². The average Bonchev–Trinajstić information content (AvgIpc) is 3.11. The topological polar surface area (TPSA) is 148 Å². The maximum atomic E-state index is 12.1. The third-order valence-electron chi connectivity index (χ3n) is 3.98. The number of aliphatic hydroxyl groups excluding tert-OH is 1. The Morgan fingerprint density at radius 3 is 2.65 bits per heavy atom. The zero-order valence-corrected chi connectivity index (χ0v) is 18.0. The fraction of sp³-hybridized carbons (Fsp3) is 0.263. The molecule has 3 heterocycles. The summed E-state index contributed by atoms with van der Waals surface area (Å²) < 4.78 is 31.1. The van der Waals surface area contributed by atoms with Crippen molar-refractivity contribution in [2.24, 2.45) is 7.05 Å². The number of rotatable bonds is 8. The summed E-state index contributed by atoms with van der Waals surface area (Å²) in [6.07, 6.45) is 4.35. The van der Waals surface area contributed by atoms with Crippen LogP contribution in [-0.2, 0) is 21.7 Å². The van der Waals surface area contributed by atoms with Crippen molar-refractivity contribution < 1.29 is 23.1 Å². The summed E-state index contributed by atoms with van der Waals surface area (Å²) in [4.78, 5) is 19.8. The quantitative estimate of drug-likeness (QED) is 0.466. The second kappa shape index (κ2) is 9.10. The zero-order valence-electron chi connectivity index (χ0n) is 17.2. The zero-order chi connectivity index (χ0) is 22.6. The van der Waals surface area contributed by atoms with Crippen LogP contribution in [0, 0.1) is 0 Å². The molecule has 0 fully saturated rings. The van der Waals surface area contributed by atoms with Gasteiger partial charge >= 0.3 is 0 Å². The molecule has 0 saturated heterocycles. The van der Waals surface area contributed by atoms with Crippen LogP contribution < -0.4 is 15.4 Å². The molecule has 3 aromatic heterocycles. The first-order valence-electron chi connectivity index (χ1n) is 9.16. The third-order valence-corrected chi connectivity index (χ3v) is 4.94. The Morgan fingerprint density at radius 2 is 2.03 bits per heavy atom. The van der Waals surface area contributed by atoms with Gasteiger partial charge in [-0.3, -0.25) is 9.48 Å². The monoisotopic (exact) mass is 446 g/mol. The number of ether oxygens (including phenoxy) is 1. The summed E-state index contributed by atoms with van der Waals surface area (Å²) >= 11 is 0. The standard InChI is InChI=1S/C19H22N6O5S/c1-12(27)21-17-10-16(14(11-20-17)15-4-5-25(2)24-15)22-18-8-13(30-7-6-26)9-19(23-18)31(3,28)29/h4-5,8-11,26H,6-7H2,1-3H3,(H2,20,21,22,23,27). The maximum absolute atomic E-state index is 12.1. The van der Waals surface area contributed by atoms with Gasteiger partial charge in [0.25, 0.3) is 0 Å². The van der Waals surface area contributed by atoms with Gasteiger partial charge in [-0.15, -0.1) is 0 Å². The first-order chi connectivity index (χ1) is 14.7. The van der Waals surface area contributed by atoms with Crippen molar-refractivity contribution in [2.75, 3.05) is 30.1 Å². The van der Waals surface area contributed by atoms with E-state index in [0.717, 1.165) is 6.26 Å². The van der Waals surface area contributed by atoms with Crippen molar-refractivity contribution in [3.8, 4) is 17.0 Å². The second-order valence-corrected chi connectivity index (χ2v) is 8.63. The Morgan fingerprint density at radius 1 is 1.26 bits per heavy atom. The lowest BCUT2D eigenvalue weighted by molar-refractivity contribution is -0.114. The van der Waals surface area contributed by atoms with Crippen molar-refractivity contribution in [3.63, 3.8) is 0 Å². The van der Waals surface area contributed by atoms with Gasteiger partial charge in [0.15, 0.2) is 14.9 Å². The number of amides is 1. The van der Waals surface area contributed by atoms with Crippen molar-refractivity contribution in [2.45, 2.75) is 11.9 Å². The highest BCUT2D eigenvalue weighted by Gasteiger charge is 2.16. The molecule has 0 spiro atoms. The second-order valence-electron chi connectivity index (χ2n) is 6.67. The van der Waals surface area contributed by atoms with Crippen molar-refractivity contribution in [1.82, 2.24) is 19.7 Å². The molecule has 0 radical (unpaired) electrons. The van der Waals surface area contributed by atoms with E-state index in [2.05, 4.69) is 25.7 Å². The minimum atomic E-state index is -3.63. The lowest BCUT2D eigenvalue weighted by Gasteiger charge is -2.14. The predicted molar refractivity (Wildman–Crippen MR) is 114 cm³/mol. The number of hydrogen-bond acceptors (Lipinski definition) is 9. The maximum Gasteiger partial charge on any atom is 0.222 e. The Labute approximate surface area is 179 Å². The number of carbonyl (C=O) groups is 1. The number of nitrogens with one attached hydrogen (secondary N) is 2. The van der Waals surface area contributed by atoms with Gasteiger partial charge in [0.1, 0.15) is 24.0 Å². The Hall–Kier alpha value is -3.51. The number of aryl methyl sites for hydroxylation is 1. The van der Waals surface area contributed by atoms with Crippen LogP contribution in [0.25, 0.3) is 11.3 Å². The number of anilines is 3. The summed E-state index contributed by atoms with van der Waals surface area (Å²) in [5.41, 5.74) is 1.71. The van der Waals surface area contributed by atoms with Crippen LogP contribution in [0.5, 0.6) is 5.75 Å². The first kappa shape index (κ1) is 22.2. The first-order valence-corrected chi connectivity index (χ1v) is 11.1. The fourth-order valence-electron chi connectivity index (χ4n) is 2.69. The predicted octanol–water partition coefficient (Wildman–Crippen LogP) is 1.35. The lowest BCUT2D eigenvalue weighted by atomic mass is 10.1. The minimum absolute atomic E-state index is 0.00617. The van der Waals surface area contributed by atoms with Crippen LogP contribution in [0.1, 0.15) is 6.92 Å². The van der Waals surface area contributed by atoms with Gasteiger partial charge in [-0.05, 0) is 6.07 Å². The number of aromatic nitrogens is 4. The highest BCUT2D eigenvalue weighted by molar-refractivity contribution is 7.90. The van der Waals surface area contributed by atoms with Crippen LogP contribution in [0.2, 0.25) is 0 Å². The Balaban J connectivity index is 2.08. The van der Waals surface area contributed by atoms with E-state index in [4.69, 9.17) is 9.84 Å². The van der Waals surface area contributed by atoms with Gasteiger partial charge in [-0.1, -0.05) is 0 Å². The van der Waals surface area contributed by atoms with E-state index in [1.165, 1.54) is 19.1 Å². The molecule has 0 bridgehead atoms. The van der Waals surface area contributed by atoms with Gasteiger partial charge in [0, 0.05) is 56.4 Å². The van der Waals surface area contributed by atoms with E-state index in [1.807, 2.05) is 0 Å². The van der Waals surface area contributed by atoms with E-state index in [1.54, 1.807) is 36.3 Å². The number of hydrogen-bond donors (Lipinski definition) is 3. The summed E-state index contributed by atoms with van der Waals surface area (Å²) in [6.45, 7) is 1.13. The smallest absolute Gasteiger partial charge is 0.222 e. The molecular formula is C19H22N6O5S. The molecule has 11 nitrogen and oxygen atoms in total. The molecule has 3 N–H and O–H groups in total. The largest absolute Gasteiger partial charge is 0.491 e. The molecule has 3 aromatic rings. The van der Waals surface area contributed by atoms with Crippen LogP contribution in [0.4, 0.5) is 17.3 Å². The molecule has 0 atom stereocenters. The van der Waals surface area contributed by atoms with Crippen molar-refractivity contribution in [1.29, 1.82) is 0 Å². The summed E-state index contributed by atoms with van der Waals surface area (Å²) in [5.74, 6) is 0.419. The normalized spacial score (nSPS) is 11.2. The van der Waals surface area contributed by atoms with Crippen LogP contribution in [-0.4, -0.2) is 58.6 Å². The highest BCUT2D eigenvalue weighted by atomic mass is 32.2. The molecule has 0 aliphatic heterocycles. The molecule has 12 heteroatoms. The summed E-state index contributed by atoms with van der Waals surface area (Å²) in [7, 11) is -1.85. The Bertz CT molecular complexity index is 1210. The molecule has 0 aromatic carbocycles. The molecule has 0 aliphatic carbocycles. The summed E-state index contributed by atoms with van der Waals surface area (Å²) in [6, 6.07) is 6.17. The molecule has 0 saturated carbocycles. The molecule has 0 unspecified atom stereocenters. The number of nitrogens with zero attached hydrogens (tertiary/aromatic N) is 4. The number of carbonyl (C=O) groups excluding carboxylic acids is 1. The van der Waals surface area contributed by atoms with Gasteiger partial charge in [0.05, 0.1) is 18.0 Å². The number of pyridine rings is 2. The van der Waals surface area contributed by atoms with E-state index in [9.17, 15) is 13.2 Å². The van der Waals surface area contributed by atoms with E-state index in [-0.39, 0.29) is 35.7 Å². The molecule has 1 amide bonds. The van der Waals surface area contributed by atoms with E-state index in [0.29, 0.717) is 22.8 Å². The molecule has 0 aliphatic rings. The SMILES string of the molecule is CC(=O)Nc1cc(Nc2cc(OCCO)cc(S(C)(=O)=O)n2)c(-c2ccn(C)n2)cn1. The van der Waals surface area contributed by atoms with Crippen LogP contribution >= 0.6 is 0 Å². The van der Waals surface area contributed by atoms with Gasteiger partial charge in [0.2, 0.25) is 5.91 Å². The minimum Gasteiger partial charge on any atom is -0.491 e. The average molecular weight is 446 g/mol. The van der Waals surface area contributed by atoms with Gasteiger partial charge in [-0.25, -0.2) is 18.4 Å². The van der Waals surface area contributed by atoms with Crippen molar-refractivity contribution in [3.05, 3.63) is 36.7 Å². The van der Waals surface area contributed by atoms with E-state index < -0.39 is 9.84 Å². The molecule has 3 rings (SSSR count). The van der Waals surface area contributed by atoms with Crippen LogP contribution in [0.3, 0.4) is 0 Å². The van der Waals surface area contributed by atoms with Crippen LogP contribution in [0.15, 0.2) is 41.7 Å². The summed E-state index contributed by atoms with van der Waals surface area (Å²) in [5, 5.41) is 18.8. The van der Waals surface area contributed by atoms with E-state index >= 15 is 0 Å². The highest BCUT2D eigenvalue weighted by Crippen LogP contribution is 2.31. The lowest BCUT2D eigenvalue weighted by Crippen LogP contribution is -2.09. The third kappa shape index (κ3) is 5.77.